The van der Waals surface area contributed by atoms with Crippen LogP contribution in [0.15, 0.2) is 24.3 Å². The Bertz CT molecular complexity index is 592. The van der Waals surface area contributed by atoms with E-state index in [9.17, 15) is 24.8 Å². The number of nitrogens with one attached hydrogen (secondary N) is 1. The van der Waals surface area contributed by atoms with Crippen LogP contribution in [0.3, 0.4) is 0 Å². The van der Waals surface area contributed by atoms with Crippen molar-refractivity contribution in [2.45, 2.75) is 38.5 Å². The van der Waals surface area contributed by atoms with E-state index in [1.54, 1.807) is 20.8 Å². The number of aliphatic carboxylic acids is 1. The highest BCUT2D eigenvalue weighted by molar-refractivity contribution is 5.80. The van der Waals surface area contributed by atoms with Crippen molar-refractivity contribution in [3.63, 3.8) is 0 Å². The first-order valence-corrected chi connectivity index (χ1v) is 6.66. The van der Waals surface area contributed by atoms with E-state index in [-0.39, 0.29) is 11.3 Å². The molecule has 1 rings (SSSR count). The highest BCUT2D eigenvalue weighted by Gasteiger charge is 2.31. The number of rotatable bonds is 5. The van der Waals surface area contributed by atoms with Crippen LogP contribution in [0.1, 0.15) is 32.4 Å². The van der Waals surface area contributed by atoms with Gasteiger partial charge in [-0.2, -0.15) is 0 Å². The number of carboxylic acid groups (broad SMARTS) is 1. The molecule has 0 spiro atoms. The molecule has 2 atom stereocenters. The minimum atomic E-state index is -1.66. The van der Waals surface area contributed by atoms with Crippen molar-refractivity contribution in [2.24, 2.45) is 0 Å². The normalized spacial score (nSPS) is 13.7. The fourth-order valence-electron chi connectivity index (χ4n) is 1.70. The lowest BCUT2D eigenvalue weighted by atomic mass is 10.0. The minimum absolute atomic E-state index is 0.110. The van der Waals surface area contributed by atoms with Crippen LogP contribution in [0.2, 0.25) is 0 Å². The van der Waals surface area contributed by atoms with Crippen molar-refractivity contribution in [3.8, 4) is 0 Å². The van der Waals surface area contributed by atoms with Crippen molar-refractivity contribution < 1.29 is 29.5 Å². The van der Waals surface area contributed by atoms with E-state index >= 15 is 0 Å². The van der Waals surface area contributed by atoms with Gasteiger partial charge in [0.15, 0.2) is 6.04 Å². The number of non-ortho nitro benzene ring substituents is 1. The standard InChI is InChI=1S/C14H18N2O7/c1-14(2,3)23-13(20)15-10(12(18)19)11(17)8-4-6-9(7-5-8)16(21)22/h4-7,10-11,17H,1-3H3,(H,15,20)(H,18,19). The van der Waals surface area contributed by atoms with Crippen LogP contribution in [-0.4, -0.2) is 38.8 Å². The molecule has 0 aromatic heterocycles. The van der Waals surface area contributed by atoms with Gasteiger partial charge in [-0.1, -0.05) is 0 Å². The van der Waals surface area contributed by atoms with Gasteiger partial charge < -0.3 is 20.3 Å². The first-order valence-electron chi connectivity index (χ1n) is 6.66. The average Bonchev–Trinajstić information content (AvgIpc) is 2.42. The molecular formula is C14H18N2O7. The molecule has 1 aromatic carbocycles. The van der Waals surface area contributed by atoms with Crippen molar-refractivity contribution in [1.82, 2.24) is 5.32 Å². The SMILES string of the molecule is CC(C)(C)OC(=O)NC(C(=O)O)C(O)c1ccc([N+](=O)[O-])cc1. The van der Waals surface area contributed by atoms with Gasteiger partial charge in [0.05, 0.1) is 4.92 Å². The number of alkyl carbamates (subject to hydrolysis) is 1. The molecule has 23 heavy (non-hydrogen) atoms. The maximum atomic E-state index is 11.7. The van der Waals surface area contributed by atoms with Gasteiger partial charge in [-0.15, -0.1) is 0 Å². The molecule has 0 heterocycles. The summed E-state index contributed by atoms with van der Waals surface area (Å²) < 4.78 is 4.94. The molecule has 0 fully saturated rings. The van der Waals surface area contributed by atoms with E-state index < -0.39 is 34.7 Å². The summed E-state index contributed by atoms with van der Waals surface area (Å²) in [4.78, 5) is 32.9. The van der Waals surface area contributed by atoms with Crippen molar-refractivity contribution in [3.05, 3.63) is 39.9 Å². The summed E-state index contributed by atoms with van der Waals surface area (Å²) in [5.41, 5.74) is -0.919. The molecule has 0 bridgehead atoms. The number of nitro groups is 1. The largest absolute Gasteiger partial charge is 0.480 e. The molecule has 2 unspecified atom stereocenters. The van der Waals surface area contributed by atoms with Crippen LogP contribution < -0.4 is 5.32 Å². The van der Waals surface area contributed by atoms with Gasteiger partial charge in [-0.25, -0.2) is 9.59 Å². The zero-order valence-corrected chi connectivity index (χ0v) is 12.8. The van der Waals surface area contributed by atoms with Crippen LogP contribution in [0.5, 0.6) is 0 Å². The summed E-state index contributed by atoms with van der Waals surface area (Å²) >= 11 is 0. The van der Waals surface area contributed by atoms with Gasteiger partial charge in [0.25, 0.3) is 5.69 Å². The van der Waals surface area contributed by atoms with Gasteiger partial charge >= 0.3 is 12.1 Å². The lowest BCUT2D eigenvalue weighted by Gasteiger charge is -2.24. The summed E-state index contributed by atoms with van der Waals surface area (Å²) in [5.74, 6) is -1.47. The topological polar surface area (TPSA) is 139 Å². The molecule has 9 heteroatoms. The number of nitrogens with zero attached hydrogens (tertiary/aromatic N) is 1. The van der Waals surface area contributed by atoms with E-state index in [1.807, 2.05) is 0 Å². The van der Waals surface area contributed by atoms with E-state index in [0.717, 1.165) is 12.1 Å². The predicted molar refractivity (Wildman–Crippen MR) is 78.8 cm³/mol. The highest BCUT2D eigenvalue weighted by atomic mass is 16.6. The Labute approximate surface area is 132 Å². The lowest BCUT2D eigenvalue weighted by Crippen LogP contribution is -2.46. The third-order valence-corrected chi connectivity index (χ3v) is 2.70. The van der Waals surface area contributed by atoms with Gasteiger partial charge in [-0.05, 0) is 38.5 Å². The molecule has 0 saturated heterocycles. The van der Waals surface area contributed by atoms with Crippen molar-refractivity contribution in [2.75, 3.05) is 0 Å². The number of nitro benzene ring substituents is 1. The number of hydrogen-bond donors (Lipinski definition) is 3. The number of carbonyl (C=O) groups excluding carboxylic acids is 1. The second-order valence-corrected chi connectivity index (χ2v) is 5.76. The maximum absolute atomic E-state index is 11.7. The third-order valence-electron chi connectivity index (χ3n) is 2.70. The molecule has 0 radical (unpaired) electrons. The number of ether oxygens (including phenoxy) is 1. The van der Waals surface area contributed by atoms with Crippen molar-refractivity contribution in [1.29, 1.82) is 0 Å². The summed E-state index contributed by atoms with van der Waals surface area (Å²) in [6, 6.07) is 3.03. The monoisotopic (exact) mass is 326 g/mol. The maximum Gasteiger partial charge on any atom is 0.408 e. The molecule has 1 aromatic rings. The number of aliphatic hydroxyl groups is 1. The summed E-state index contributed by atoms with van der Waals surface area (Å²) in [6.45, 7) is 4.82. The second kappa shape index (κ2) is 7.05. The van der Waals surface area contributed by atoms with Crippen LogP contribution >= 0.6 is 0 Å². The number of benzene rings is 1. The molecule has 126 valence electrons. The summed E-state index contributed by atoms with van der Waals surface area (Å²) in [5, 5.41) is 31.9. The zero-order chi connectivity index (χ0) is 17.8. The number of carbonyl (C=O) groups is 2. The minimum Gasteiger partial charge on any atom is -0.480 e. The lowest BCUT2D eigenvalue weighted by molar-refractivity contribution is -0.384. The number of amides is 1. The van der Waals surface area contributed by atoms with E-state index in [0.29, 0.717) is 0 Å². The zero-order valence-electron chi connectivity index (χ0n) is 12.8. The van der Waals surface area contributed by atoms with Gasteiger partial charge in [-0.3, -0.25) is 10.1 Å². The second-order valence-electron chi connectivity index (χ2n) is 5.76. The third kappa shape index (κ3) is 5.55. The Kier molecular flexibility index (Phi) is 5.63. The van der Waals surface area contributed by atoms with E-state index in [2.05, 4.69) is 5.32 Å². The van der Waals surface area contributed by atoms with Crippen LogP contribution in [-0.2, 0) is 9.53 Å². The number of aliphatic hydroxyl groups excluding tert-OH is 1. The fraction of sp³-hybridized carbons (Fsp3) is 0.429. The Morgan fingerprint density at radius 3 is 2.17 bits per heavy atom. The van der Waals surface area contributed by atoms with E-state index in [1.165, 1.54) is 12.1 Å². The Hall–Kier alpha value is -2.68. The number of hydrogen-bond acceptors (Lipinski definition) is 6. The predicted octanol–water partition coefficient (Wildman–Crippen LogP) is 1.61. The Morgan fingerprint density at radius 1 is 1.26 bits per heavy atom. The first kappa shape index (κ1) is 18.4. The molecule has 3 N–H and O–H groups in total. The van der Waals surface area contributed by atoms with Crippen molar-refractivity contribution >= 4 is 17.7 Å². The molecular weight excluding hydrogens is 308 g/mol. The van der Waals surface area contributed by atoms with E-state index in [4.69, 9.17) is 9.84 Å². The first-order chi connectivity index (χ1) is 10.5. The highest BCUT2D eigenvalue weighted by Crippen LogP contribution is 2.21. The van der Waals surface area contributed by atoms with Crippen LogP contribution in [0.4, 0.5) is 10.5 Å². The molecule has 0 aliphatic rings. The number of carboxylic acids is 1. The Morgan fingerprint density at radius 2 is 1.78 bits per heavy atom. The summed E-state index contributed by atoms with van der Waals surface area (Å²) in [7, 11) is 0. The molecule has 1 amide bonds. The molecule has 9 nitrogen and oxygen atoms in total. The molecule has 0 saturated carbocycles. The van der Waals surface area contributed by atoms with Crippen LogP contribution in [0.25, 0.3) is 0 Å². The molecule has 0 aliphatic heterocycles. The van der Waals surface area contributed by atoms with Gasteiger partial charge in [0.2, 0.25) is 0 Å². The van der Waals surface area contributed by atoms with Gasteiger partial charge in [0, 0.05) is 12.1 Å². The average molecular weight is 326 g/mol. The quantitative estimate of drug-likeness (QED) is 0.551. The Balaban J connectivity index is 2.90. The van der Waals surface area contributed by atoms with Gasteiger partial charge in [0.1, 0.15) is 11.7 Å². The fourth-order valence-corrected chi connectivity index (χ4v) is 1.70. The smallest absolute Gasteiger partial charge is 0.408 e. The summed E-state index contributed by atoms with van der Waals surface area (Å²) in [6.07, 6.45) is -2.59. The molecule has 0 aliphatic carbocycles. The van der Waals surface area contributed by atoms with Crippen LogP contribution in [0, 0.1) is 10.1 Å².